The molecule has 0 saturated heterocycles. The van der Waals surface area contributed by atoms with Crippen molar-refractivity contribution in [3.63, 3.8) is 0 Å². The quantitative estimate of drug-likeness (QED) is 0.547. The third kappa shape index (κ3) is 10.3. The van der Waals surface area contributed by atoms with Crippen LogP contribution in [0.5, 0.6) is 0 Å². The van der Waals surface area contributed by atoms with Crippen LogP contribution in [0.25, 0.3) is 0 Å². The predicted octanol–water partition coefficient (Wildman–Crippen LogP) is 2.85. The third-order valence-corrected chi connectivity index (χ3v) is 2.98. The molecule has 0 aromatic heterocycles. The summed E-state index contributed by atoms with van der Waals surface area (Å²) in [5, 5.41) is 6.08. The van der Waals surface area contributed by atoms with Crippen LogP contribution < -0.4 is 10.6 Å². The first-order chi connectivity index (χ1) is 8.22. The highest BCUT2D eigenvalue weighted by molar-refractivity contribution is 5.81. The number of unbranched alkanes of at least 4 members (excludes halogenated alkanes) is 6. The highest BCUT2D eigenvalue weighted by Gasteiger charge is 2.09. The minimum atomic E-state index is -0.0601. The number of rotatable bonds is 11. The molecule has 17 heavy (non-hydrogen) atoms. The summed E-state index contributed by atoms with van der Waals surface area (Å²) in [6, 6.07) is -0.0601. The Morgan fingerprint density at radius 2 is 1.59 bits per heavy atom. The normalized spacial score (nSPS) is 12.4. The van der Waals surface area contributed by atoms with E-state index in [0.29, 0.717) is 6.54 Å². The van der Waals surface area contributed by atoms with E-state index in [0.717, 1.165) is 6.54 Å². The Bertz CT molecular complexity index is 183. The molecule has 0 rings (SSSR count). The van der Waals surface area contributed by atoms with Crippen molar-refractivity contribution in [2.24, 2.45) is 0 Å². The molecule has 0 radical (unpaired) electrons. The monoisotopic (exact) mass is 242 g/mol. The summed E-state index contributed by atoms with van der Waals surface area (Å²) < 4.78 is 0. The summed E-state index contributed by atoms with van der Waals surface area (Å²) in [6.45, 7) is 7.77. The van der Waals surface area contributed by atoms with Crippen LogP contribution in [-0.4, -0.2) is 25.0 Å². The van der Waals surface area contributed by atoms with Gasteiger partial charge in [0, 0.05) is 6.54 Å². The van der Waals surface area contributed by atoms with Crippen LogP contribution in [0.4, 0.5) is 0 Å². The van der Waals surface area contributed by atoms with Crippen molar-refractivity contribution < 1.29 is 4.79 Å². The minimum absolute atomic E-state index is 0.0601. The standard InChI is InChI=1S/C14H30N2O/c1-4-6-7-8-9-10-11-12-16-13(3)14(17)15-5-2/h13,16H,4-12H2,1-3H3,(H,15,17). The van der Waals surface area contributed by atoms with E-state index in [2.05, 4.69) is 17.6 Å². The van der Waals surface area contributed by atoms with Crippen molar-refractivity contribution in [1.82, 2.24) is 10.6 Å². The molecule has 1 unspecified atom stereocenters. The van der Waals surface area contributed by atoms with Crippen LogP contribution in [-0.2, 0) is 4.79 Å². The number of carbonyl (C=O) groups is 1. The minimum Gasteiger partial charge on any atom is -0.355 e. The van der Waals surface area contributed by atoms with E-state index in [-0.39, 0.29) is 11.9 Å². The molecular weight excluding hydrogens is 212 g/mol. The Labute approximate surface area is 107 Å². The fraction of sp³-hybridized carbons (Fsp3) is 0.929. The largest absolute Gasteiger partial charge is 0.355 e. The Morgan fingerprint density at radius 1 is 1.00 bits per heavy atom. The van der Waals surface area contributed by atoms with E-state index < -0.39 is 0 Å². The molecule has 0 saturated carbocycles. The van der Waals surface area contributed by atoms with Gasteiger partial charge in [0.2, 0.25) is 5.91 Å². The first-order valence-electron chi connectivity index (χ1n) is 7.23. The smallest absolute Gasteiger partial charge is 0.236 e. The lowest BCUT2D eigenvalue weighted by Gasteiger charge is -2.12. The van der Waals surface area contributed by atoms with E-state index in [4.69, 9.17) is 0 Å². The van der Waals surface area contributed by atoms with Crippen molar-refractivity contribution in [2.75, 3.05) is 13.1 Å². The second-order valence-electron chi connectivity index (χ2n) is 4.69. The number of likely N-dealkylation sites (N-methyl/N-ethyl adjacent to an activating group) is 1. The van der Waals surface area contributed by atoms with Gasteiger partial charge in [0.05, 0.1) is 6.04 Å². The second-order valence-corrected chi connectivity index (χ2v) is 4.69. The molecule has 1 amide bonds. The maximum Gasteiger partial charge on any atom is 0.236 e. The van der Waals surface area contributed by atoms with Crippen molar-refractivity contribution in [3.8, 4) is 0 Å². The summed E-state index contributed by atoms with van der Waals surface area (Å²) in [5.74, 6) is 0.107. The summed E-state index contributed by atoms with van der Waals surface area (Å²) >= 11 is 0. The third-order valence-electron chi connectivity index (χ3n) is 2.98. The molecule has 1 atom stereocenters. The van der Waals surface area contributed by atoms with E-state index in [9.17, 15) is 4.79 Å². The highest BCUT2D eigenvalue weighted by Crippen LogP contribution is 2.06. The van der Waals surface area contributed by atoms with Crippen molar-refractivity contribution in [2.45, 2.75) is 71.8 Å². The number of hydrogen-bond donors (Lipinski definition) is 2. The van der Waals surface area contributed by atoms with Gasteiger partial charge in [-0.3, -0.25) is 4.79 Å². The van der Waals surface area contributed by atoms with Crippen molar-refractivity contribution >= 4 is 5.91 Å². The fourth-order valence-electron chi connectivity index (χ4n) is 1.82. The molecule has 0 bridgehead atoms. The zero-order valence-electron chi connectivity index (χ0n) is 11.8. The van der Waals surface area contributed by atoms with Gasteiger partial charge in [0.15, 0.2) is 0 Å². The molecule has 102 valence electrons. The molecule has 3 nitrogen and oxygen atoms in total. The maximum atomic E-state index is 11.4. The van der Waals surface area contributed by atoms with Crippen LogP contribution in [0, 0.1) is 0 Å². The zero-order chi connectivity index (χ0) is 12.9. The zero-order valence-corrected chi connectivity index (χ0v) is 11.8. The van der Waals surface area contributed by atoms with Gasteiger partial charge in [-0.25, -0.2) is 0 Å². The number of carbonyl (C=O) groups excluding carboxylic acids is 1. The van der Waals surface area contributed by atoms with Gasteiger partial charge in [-0.15, -0.1) is 0 Å². The Kier molecular flexibility index (Phi) is 11.5. The van der Waals surface area contributed by atoms with Gasteiger partial charge in [-0.05, 0) is 26.8 Å². The Hall–Kier alpha value is -0.570. The maximum absolute atomic E-state index is 11.4. The lowest BCUT2D eigenvalue weighted by Crippen LogP contribution is -2.42. The Balaban J connectivity index is 3.24. The van der Waals surface area contributed by atoms with Gasteiger partial charge >= 0.3 is 0 Å². The molecule has 0 aliphatic carbocycles. The lowest BCUT2D eigenvalue weighted by molar-refractivity contribution is -0.122. The van der Waals surface area contributed by atoms with E-state index in [1.807, 2.05) is 13.8 Å². The number of nitrogens with one attached hydrogen (secondary N) is 2. The molecule has 0 aromatic carbocycles. The van der Waals surface area contributed by atoms with Crippen LogP contribution >= 0.6 is 0 Å². The number of amides is 1. The van der Waals surface area contributed by atoms with Gasteiger partial charge in [-0.2, -0.15) is 0 Å². The van der Waals surface area contributed by atoms with E-state index >= 15 is 0 Å². The molecule has 0 spiro atoms. The molecule has 2 N–H and O–H groups in total. The van der Waals surface area contributed by atoms with Crippen molar-refractivity contribution in [3.05, 3.63) is 0 Å². The summed E-state index contributed by atoms with van der Waals surface area (Å²) in [7, 11) is 0. The molecule has 0 aromatic rings. The predicted molar refractivity (Wildman–Crippen MR) is 74.1 cm³/mol. The van der Waals surface area contributed by atoms with Gasteiger partial charge in [0.1, 0.15) is 0 Å². The topological polar surface area (TPSA) is 41.1 Å². The molecule has 0 aliphatic heterocycles. The molecule has 0 aliphatic rings. The molecular formula is C14H30N2O. The van der Waals surface area contributed by atoms with Crippen molar-refractivity contribution in [1.29, 1.82) is 0 Å². The summed E-state index contributed by atoms with van der Waals surface area (Å²) in [6.07, 6.45) is 9.20. The first-order valence-corrected chi connectivity index (χ1v) is 7.23. The van der Waals surface area contributed by atoms with Crippen LogP contribution in [0.1, 0.15) is 65.7 Å². The fourth-order valence-corrected chi connectivity index (χ4v) is 1.82. The number of hydrogen-bond acceptors (Lipinski definition) is 2. The SMILES string of the molecule is CCCCCCCCCNC(C)C(=O)NCC. The summed E-state index contributed by atoms with van der Waals surface area (Å²) in [4.78, 5) is 11.4. The van der Waals surface area contributed by atoms with Crippen LogP contribution in [0.3, 0.4) is 0 Å². The average Bonchev–Trinajstić information content (AvgIpc) is 2.32. The van der Waals surface area contributed by atoms with Crippen LogP contribution in [0.2, 0.25) is 0 Å². The van der Waals surface area contributed by atoms with Gasteiger partial charge < -0.3 is 10.6 Å². The van der Waals surface area contributed by atoms with E-state index in [1.54, 1.807) is 0 Å². The van der Waals surface area contributed by atoms with Gasteiger partial charge in [-0.1, -0.05) is 45.4 Å². The average molecular weight is 242 g/mol. The van der Waals surface area contributed by atoms with Gasteiger partial charge in [0.25, 0.3) is 0 Å². The highest BCUT2D eigenvalue weighted by atomic mass is 16.2. The first kappa shape index (κ1) is 16.4. The molecule has 3 heteroatoms. The van der Waals surface area contributed by atoms with E-state index in [1.165, 1.54) is 44.9 Å². The summed E-state index contributed by atoms with van der Waals surface area (Å²) in [5.41, 5.74) is 0. The molecule has 0 heterocycles. The molecule has 0 fully saturated rings. The lowest BCUT2D eigenvalue weighted by atomic mass is 10.1. The Morgan fingerprint density at radius 3 is 2.18 bits per heavy atom. The van der Waals surface area contributed by atoms with Crippen LogP contribution in [0.15, 0.2) is 0 Å². The second kappa shape index (κ2) is 11.9.